The van der Waals surface area contributed by atoms with Gasteiger partial charge in [0.15, 0.2) is 0 Å². The molecule has 0 heterocycles. The molecule has 1 aliphatic rings. The van der Waals surface area contributed by atoms with Crippen molar-refractivity contribution in [2.45, 2.75) is 37.4 Å². The van der Waals surface area contributed by atoms with E-state index in [9.17, 15) is 13.2 Å². The molecule has 0 spiro atoms. The summed E-state index contributed by atoms with van der Waals surface area (Å²) in [7, 11) is 0. The molecular weight excluding hydrogens is 418 g/mol. The van der Waals surface area contributed by atoms with Crippen LogP contribution in [0, 0.1) is 0 Å². The molecule has 144 valence electrons. The summed E-state index contributed by atoms with van der Waals surface area (Å²) >= 11 is 17.7. The fourth-order valence-electron chi connectivity index (χ4n) is 3.35. The Bertz CT molecular complexity index is 854. The highest BCUT2D eigenvalue weighted by Gasteiger charge is 2.39. The summed E-state index contributed by atoms with van der Waals surface area (Å²) in [6.07, 6.45) is 0.878. The summed E-state index contributed by atoms with van der Waals surface area (Å²) in [5, 5.41) is 0.0205. The second-order valence-electron chi connectivity index (χ2n) is 6.63. The van der Waals surface area contributed by atoms with Crippen molar-refractivity contribution < 1.29 is 13.2 Å². The zero-order valence-electron chi connectivity index (χ0n) is 14.2. The highest BCUT2D eigenvalue weighted by Crippen LogP contribution is 2.41. The number of benzene rings is 2. The zero-order valence-corrected chi connectivity index (χ0v) is 16.4. The Hall–Kier alpha value is -1.20. The van der Waals surface area contributed by atoms with Gasteiger partial charge >= 0.3 is 6.18 Å². The predicted molar refractivity (Wildman–Crippen MR) is 106 cm³/mol. The monoisotopic (exact) mass is 433 g/mol. The van der Waals surface area contributed by atoms with Gasteiger partial charge in [-0.05, 0) is 53.6 Å². The molecule has 0 saturated carbocycles. The van der Waals surface area contributed by atoms with E-state index in [1.165, 1.54) is 18.2 Å². The fraction of sp³-hybridized carbons (Fsp3) is 0.300. The lowest BCUT2D eigenvalue weighted by molar-refractivity contribution is -0.139. The Labute approximate surface area is 170 Å². The van der Waals surface area contributed by atoms with Gasteiger partial charge in [-0.1, -0.05) is 65.2 Å². The van der Waals surface area contributed by atoms with E-state index < -0.39 is 12.1 Å². The lowest BCUT2D eigenvalue weighted by Crippen LogP contribution is -2.19. The lowest BCUT2D eigenvalue weighted by Gasteiger charge is -2.22. The number of hydrogen-bond donors (Lipinski definition) is 1. The number of aryl methyl sites for hydroxylation is 1. The molecule has 2 aromatic carbocycles. The van der Waals surface area contributed by atoms with Gasteiger partial charge in [-0.25, -0.2) is 0 Å². The average molecular weight is 435 g/mol. The average Bonchev–Trinajstić information content (AvgIpc) is 2.58. The van der Waals surface area contributed by atoms with Crippen molar-refractivity contribution in [1.82, 2.24) is 0 Å². The molecular formula is C20H17Cl3F3N. The first-order valence-electron chi connectivity index (χ1n) is 8.44. The van der Waals surface area contributed by atoms with Crippen LogP contribution in [-0.4, -0.2) is 6.18 Å². The Kier molecular flexibility index (Phi) is 6.11. The maximum atomic E-state index is 13.6. The van der Waals surface area contributed by atoms with Crippen LogP contribution in [0.5, 0.6) is 0 Å². The van der Waals surface area contributed by atoms with E-state index in [0.29, 0.717) is 5.56 Å². The van der Waals surface area contributed by atoms with Gasteiger partial charge in [0.1, 0.15) is 0 Å². The summed E-state index contributed by atoms with van der Waals surface area (Å²) in [4.78, 5) is 0. The van der Waals surface area contributed by atoms with Crippen LogP contribution in [0.2, 0.25) is 15.1 Å². The minimum atomic E-state index is -4.49. The molecule has 7 heteroatoms. The number of halogens is 6. The molecule has 0 radical (unpaired) electrons. The molecule has 0 aromatic heterocycles. The Morgan fingerprint density at radius 2 is 1.74 bits per heavy atom. The van der Waals surface area contributed by atoms with E-state index >= 15 is 0 Å². The zero-order chi connectivity index (χ0) is 19.8. The molecule has 1 nitrogen and oxygen atoms in total. The number of hydrogen-bond acceptors (Lipinski definition) is 1. The third-order valence-corrected chi connectivity index (χ3v) is 5.92. The fourth-order valence-corrected chi connectivity index (χ4v) is 3.96. The number of fused-ring (bicyclic) bond motifs is 1. The minimum Gasteiger partial charge on any atom is -0.324 e. The normalized spacial score (nSPS) is 18.6. The van der Waals surface area contributed by atoms with Crippen LogP contribution in [0.4, 0.5) is 13.2 Å². The van der Waals surface area contributed by atoms with Crippen LogP contribution in [0.1, 0.15) is 47.1 Å². The number of rotatable bonds is 3. The van der Waals surface area contributed by atoms with E-state index in [1.54, 1.807) is 6.07 Å². The van der Waals surface area contributed by atoms with E-state index in [2.05, 4.69) is 0 Å². The maximum Gasteiger partial charge on any atom is 0.399 e. The topological polar surface area (TPSA) is 26.0 Å². The third kappa shape index (κ3) is 4.62. The quantitative estimate of drug-likeness (QED) is 0.502. The van der Waals surface area contributed by atoms with Crippen molar-refractivity contribution >= 4 is 40.9 Å². The molecule has 0 amide bonds. The molecule has 3 rings (SSSR count). The van der Waals surface area contributed by atoms with Crippen molar-refractivity contribution in [3.05, 3.63) is 73.7 Å². The highest BCUT2D eigenvalue weighted by atomic mass is 35.5. The first-order valence-corrected chi connectivity index (χ1v) is 9.58. The lowest BCUT2D eigenvalue weighted by atomic mass is 9.87. The van der Waals surface area contributed by atoms with Gasteiger partial charge in [0.2, 0.25) is 0 Å². The first kappa shape index (κ1) is 20.5. The van der Waals surface area contributed by atoms with E-state index in [-0.39, 0.29) is 26.7 Å². The van der Waals surface area contributed by atoms with E-state index in [0.717, 1.165) is 36.5 Å². The van der Waals surface area contributed by atoms with Crippen LogP contribution in [0.3, 0.4) is 0 Å². The Morgan fingerprint density at radius 3 is 2.37 bits per heavy atom. The van der Waals surface area contributed by atoms with Crippen LogP contribution >= 0.6 is 34.8 Å². The van der Waals surface area contributed by atoms with Gasteiger partial charge < -0.3 is 5.73 Å². The summed E-state index contributed by atoms with van der Waals surface area (Å²) in [6, 6.07) is 7.98. The summed E-state index contributed by atoms with van der Waals surface area (Å²) < 4.78 is 40.8. The van der Waals surface area contributed by atoms with Crippen molar-refractivity contribution in [3.63, 3.8) is 0 Å². The summed E-state index contributed by atoms with van der Waals surface area (Å²) in [5.74, 6) is -1.84. The van der Waals surface area contributed by atoms with Gasteiger partial charge in [0.05, 0.1) is 21.0 Å². The third-order valence-electron chi connectivity index (χ3n) is 4.73. The molecule has 0 saturated heterocycles. The Morgan fingerprint density at radius 1 is 1.07 bits per heavy atom. The van der Waals surface area contributed by atoms with Gasteiger partial charge in [0.25, 0.3) is 0 Å². The predicted octanol–water partition coefficient (Wildman–Crippen LogP) is 7.34. The van der Waals surface area contributed by atoms with Crippen molar-refractivity contribution in [2.75, 3.05) is 0 Å². The largest absolute Gasteiger partial charge is 0.399 e. The molecule has 2 aromatic rings. The molecule has 0 bridgehead atoms. The maximum absolute atomic E-state index is 13.6. The molecule has 0 fully saturated rings. The summed E-state index contributed by atoms with van der Waals surface area (Å²) in [5.41, 5.74) is 8.90. The van der Waals surface area contributed by atoms with E-state index in [1.807, 2.05) is 12.1 Å². The van der Waals surface area contributed by atoms with Crippen molar-refractivity contribution in [2.24, 2.45) is 5.73 Å². The SMILES string of the molecule is NC1CCCc2cc(/C=C/C(c3cc(Cl)c(Cl)c(Cl)c3)C(F)(F)F)ccc21. The molecule has 2 unspecified atom stereocenters. The molecule has 0 aliphatic heterocycles. The van der Waals surface area contributed by atoms with Crippen molar-refractivity contribution in [1.29, 1.82) is 0 Å². The number of allylic oxidation sites excluding steroid dienone is 1. The second kappa shape index (κ2) is 8.04. The van der Waals surface area contributed by atoms with Crippen molar-refractivity contribution in [3.8, 4) is 0 Å². The van der Waals surface area contributed by atoms with Crippen LogP contribution in [-0.2, 0) is 6.42 Å². The molecule has 1 aliphatic carbocycles. The highest BCUT2D eigenvalue weighted by molar-refractivity contribution is 6.48. The first-order chi connectivity index (χ1) is 12.7. The number of nitrogens with two attached hydrogens (primary N) is 1. The number of alkyl halides is 3. The van der Waals surface area contributed by atoms with Gasteiger partial charge in [0, 0.05) is 6.04 Å². The molecule has 2 atom stereocenters. The minimum absolute atomic E-state index is 0.00643. The van der Waals surface area contributed by atoms with Crippen LogP contribution in [0.25, 0.3) is 6.08 Å². The van der Waals surface area contributed by atoms with Crippen LogP contribution in [0.15, 0.2) is 36.4 Å². The van der Waals surface area contributed by atoms with Gasteiger partial charge in [-0.2, -0.15) is 13.2 Å². The van der Waals surface area contributed by atoms with E-state index in [4.69, 9.17) is 40.5 Å². The van der Waals surface area contributed by atoms with Gasteiger partial charge in [-0.3, -0.25) is 0 Å². The standard InChI is InChI=1S/C20H17Cl3F3N/c21-16-9-13(10-17(22)19(16)23)15(20(24,25)26)7-5-11-4-6-14-12(8-11)2-1-3-18(14)27/h4-10,15,18H,1-3,27H2/b7-5+. The smallest absolute Gasteiger partial charge is 0.324 e. The van der Waals surface area contributed by atoms with Gasteiger partial charge in [-0.15, -0.1) is 0 Å². The summed E-state index contributed by atoms with van der Waals surface area (Å²) in [6.45, 7) is 0. The van der Waals surface area contributed by atoms with Crippen LogP contribution < -0.4 is 5.73 Å². The molecule has 2 N–H and O–H groups in total. The Balaban J connectivity index is 1.94. The second-order valence-corrected chi connectivity index (χ2v) is 7.83. The molecule has 27 heavy (non-hydrogen) atoms.